The van der Waals surface area contributed by atoms with Gasteiger partial charge in [-0.25, -0.2) is 0 Å². The van der Waals surface area contributed by atoms with E-state index in [0.717, 1.165) is 79.1 Å². The molecule has 4 heterocycles. The fourth-order valence-electron chi connectivity index (χ4n) is 9.06. The van der Waals surface area contributed by atoms with Crippen LogP contribution in [0.15, 0.2) is 132 Å². The van der Waals surface area contributed by atoms with Crippen molar-refractivity contribution in [3.63, 3.8) is 0 Å². The Labute approximate surface area is 394 Å². The van der Waals surface area contributed by atoms with Crippen molar-refractivity contribution in [1.29, 1.82) is 0 Å². The van der Waals surface area contributed by atoms with Gasteiger partial charge in [0, 0.05) is 54.0 Å². The Bertz CT molecular complexity index is 2650. The second-order valence-electron chi connectivity index (χ2n) is 17.6. The van der Waals surface area contributed by atoms with Gasteiger partial charge in [0.2, 0.25) is 0 Å². The van der Waals surface area contributed by atoms with E-state index in [0.29, 0.717) is 5.92 Å². The van der Waals surface area contributed by atoms with E-state index in [1.165, 1.54) is 64.5 Å². The van der Waals surface area contributed by atoms with E-state index in [4.69, 9.17) is 9.40 Å². The van der Waals surface area contributed by atoms with Gasteiger partial charge in [0.05, 0.1) is 5.82 Å². The number of aryl methyl sites for hydroxylation is 2. The zero-order valence-corrected chi connectivity index (χ0v) is 40.0. The average molecular weight is 1020 g/mol. The summed E-state index contributed by atoms with van der Waals surface area (Å²) in [5, 5.41) is 2.37. The van der Waals surface area contributed by atoms with Gasteiger partial charge in [-0.1, -0.05) is 78.0 Å². The fourth-order valence-corrected chi connectivity index (χ4v) is 9.06. The summed E-state index contributed by atoms with van der Waals surface area (Å²) in [5.74, 6) is 1.50. The molecule has 0 saturated heterocycles. The second-order valence-corrected chi connectivity index (χ2v) is 17.6. The molecule has 0 amide bonds. The van der Waals surface area contributed by atoms with Crippen LogP contribution in [0.1, 0.15) is 107 Å². The maximum atomic E-state index is 6.69. The van der Waals surface area contributed by atoms with E-state index < -0.39 is 0 Å². The van der Waals surface area contributed by atoms with E-state index in [-0.39, 0.29) is 26.0 Å². The van der Waals surface area contributed by atoms with Crippen LogP contribution in [0.2, 0.25) is 0 Å². The molecule has 0 atom stereocenters. The van der Waals surface area contributed by atoms with Gasteiger partial charge >= 0.3 is 0 Å². The normalized spacial score (nSPS) is 13.8. The van der Waals surface area contributed by atoms with Crippen LogP contribution in [0.3, 0.4) is 0 Å². The number of hydrogen-bond donors (Lipinski definition) is 0. The van der Waals surface area contributed by atoms with Gasteiger partial charge in [0.1, 0.15) is 11.2 Å². The summed E-state index contributed by atoms with van der Waals surface area (Å²) < 4.78 is 9.13. The maximum Gasteiger partial charge on any atom is 0.140 e. The van der Waals surface area contributed by atoms with Crippen molar-refractivity contribution in [2.24, 2.45) is 0 Å². The van der Waals surface area contributed by atoms with E-state index >= 15 is 0 Å². The smallest absolute Gasteiger partial charge is 0.140 e. The number of rotatable bonds is 19. The number of imidazole rings is 1. The van der Waals surface area contributed by atoms with Crippen LogP contribution in [0.5, 0.6) is 0 Å². The number of fused-ring (bicyclic) bond motifs is 3. The van der Waals surface area contributed by atoms with Crippen LogP contribution < -0.4 is 9.80 Å². The molecule has 0 aliphatic carbocycles. The third-order valence-electron chi connectivity index (χ3n) is 12.4. The molecule has 2 aliphatic heterocycles. The molecule has 9 rings (SSSR count). The number of nitrogens with zero attached hydrogens (tertiary/aromatic N) is 6. The summed E-state index contributed by atoms with van der Waals surface area (Å²) in [4.78, 5) is 13.9. The quantitative estimate of drug-likeness (QED) is 0.0594. The summed E-state index contributed by atoms with van der Waals surface area (Å²) >= 11 is 0. The van der Waals surface area contributed by atoms with E-state index in [1.54, 1.807) is 0 Å². The van der Waals surface area contributed by atoms with Gasteiger partial charge in [0.25, 0.3) is 0 Å². The first-order valence-corrected chi connectivity index (χ1v) is 23.1. The summed E-state index contributed by atoms with van der Waals surface area (Å²) in [6, 6.07) is 44.1. The SMILES string of the molecule is CC(C)c1cc2c(oc3ccccc32)c(C(C)C)c1-n1c(CCCCCCCc2c[c-]c(N3C=CN(CCCCN4C=CN(c5[c-]cccc5)[CH-]4)[CH-]3)cc2)cnc1-c1[c-]cccc1.[Ir]. The number of para-hydroxylation sites is 2. The van der Waals surface area contributed by atoms with Crippen molar-refractivity contribution in [2.45, 2.75) is 97.3 Å². The molecule has 1 radical (unpaired) electrons. The molecule has 2 aromatic heterocycles. The Morgan fingerprint density at radius 1 is 0.641 bits per heavy atom. The molecular formula is C56H59IrN6O-5. The first-order valence-electron chi connectivity index (χ1n) is 23.1. The minimum Gasteiger partial charge on any atom is -0.508 e. The minimum atomic E-state index is 0. The average Bonchev–Trinajstić information content (AvgIpc) is 4.14. The van der Waals surface area contributed by atoms with Crippen LogP contribution in [-0.2, 0) is 32.9 Å². The molecular weight excluding hydrogens is 965 g/mol. The molecule has 2 aliphatic rings. The van der Waals surface area contributed by atoms with Gasteiger partial charge in [-0.05, 0) is 93.1 Å². The van der Waals surface area contributed by atoms with E-state index in [1.807, 2.05) is 30.3 Å². The summed E-state index contributed by atoms with van der Waals surface area (Å²) in [5.41, 5.74) is 11.5. The molecule has 8 heteroatoms. The molecule has 5 aromatic carbocycles. The van der Waals surface area contributed by atoms with E-state index in [9.17, 15) is 0 Å². The van der Waals surface area contributed by atoms with Crippen molar-refractivity contribution in [2.75, 3.05) is 22.9 Å². The largest absolute Gasteiger partial charge is 0.508 e. The number of furan rings is 1. The molecule has 64 heavy (non-hydrogen) atoms. The fraction of sp³-hybridized carbons (Fsp3) is 0.304. The molecule has 7 aromatic rings. The Kier molecular flexibility index (Phi) is 14.7. The van der Waals surface area contributed by atoms with Crippen LogP contribution in [0.4, 0.5) is 11.4 Å². The van der Waals surface area contributed by atoms with Crippen LogP contribution >= 0.6 is 0 Å². The first kappa shape index (κ1) is 45.0. The zero-order valence-electron chi connectivity index (χ0n) is 37.6. The molecule has 0 bridgehead atoms. The number of anilines is 2. The summed E-state index contributed by atoms with van der Waals surface area (Å²) in [7, 11) is 0. The second kappa shape index (κ2) is 21.0. The summed E-state index contributed by atoms with van der Waals surface area (Å²) in [6.07, 6.45) is 20.8. The third kappa shape index (κ3) is 10.0. The monoisotopic (exact) mass is 1020 g/mol. The number of benzene rings is 5. The van der Waals surface area contributed by atoms with Gasteiger partial charge in [-0.3, -0.25) is 4.98 Å². The Morgan fingerprint density at radius 3 is 1.97 bits per heavy atom. The van der Waals surface area contributed by atoms with Crippen LogP contribution in [0.25, 0.3) is 39.0 Å². The molecule has 0 unspecified atom stereocenters. The predicted octanol–water partition coefficient (Wildman–Crippen LogP) is 13.7. The van der Waals surface area contributed by atoms with Crippen LogP contribution in [0, 0.1) is 31.5 Å². The van der Waals surface area contributed by atoms with Crippen molar-refractivity contribution >= 4 is 33.3 Å². The number of unbranched alkanes of at least 4 members (excludes halogenated alkanes) is 5. The Hall–Kier alpha value is -5.56. The molecule has 333 valence electrons. The van der Waals surface area contributed by atoms with Crippen molar-refractivity contribution in [1.82, 2.24) is 19.4 Å². The molecule has 7 nitrogen and oxygen atoms in total. The minimum absolute atomic E-state index is 0. The Balaban J connectivity index is 0.00000560. The van der Waals surface area contributed by atoms with Gasteiger partial charge in [-0.2, -0.15) is 67.4 Å². The summed E-state index contributed by atoms with van der Waals surface area (Å²) in [6.45, 7) is 15.5. The van der Waals surface area contributed by atoms with Gasteiger partial charge in [0.15, 0.2) is 0 Å². The molecule has 0 saturated carbocycles. The predicted molar refractivity (Wildman–Crippen MR) is 259 cm³/mol. The topological polar surface area (TPSA) is 43.9 Å². The van der Waals surface area contributed by atoms with Crippen molar-refractivity contribution < 1.29 is 24.5 Å². The number of aromatic nitrogens is 2. The molecule has 0 N–H and O–H groups in total. The number of hydrogen-bond acceptors (Lipinski definition) is 6. The first-order chi connectivity index (χ1) is 30.9. The van der Waals surface area contributed by atoms with Crippen molar-refractivity contribution in [3.8, 4) is 17.1 Å². The van der Waals surface area contributed by atoms with E-state index in [2.05, 4.69) is 181 Å². The molecule has 0 fully saturated rings. The van der Waals surface area contributed by atoms with Crippen molar-refractivity contribution in [3.05, 3.63) is 182 Å². The van der Waals surface area contributed by atoms with Gasteiger partial charge in [-0.15, -0.1) is 53.3 Å². The van der Waals surface area contributed by atoms with Crippen LogP contribution in [-0.4, -0.2) is 32.4 Å². The maximum absolute atomic E-state index is 6.69. The van der Waals surface area contributed by atoms with Gasteiger partial charge < -0.3 is 28.6 Å². The molecule has 0 spiro atoms. The third-order valence-corrected chi connectivity index (χ3v) is 12.4. The Morgan fingerprint density at radius 2 is 1.31 bits per heavy atom. The zero-order chi connectivity index (χ0) is 43.1. The standard InChI is InChI=1S/C56H59N6O.Ir/c1-42(2)50-38-51-49-26-16-17-27-52(49)63-55(51)53(43(3)4)54(50)62-48(39-57-56(62)45-21-11-8-12-22-45)25-13-7-5-6-10-20-44-28-30-47(31-29-44)61-37-35-59(41-61)33-19-18-32-58-34-36-60(40-58)46-23-14-9-15-24-46;/h8-9,11-12,14-17,21,23,26-30,34-43H,5-7,10,13,18-20,25,32-33H2,1-4H3;/q-5;.